The molecule has 1 aromatic heterocycles. The van der Waals surface area contributed by atoms with Crippen LogP contribution in [0.3, 0.4) is 0 Å². The van der Waals surface area contributed by atoms with Crippen molar-refractivity contribution in [1.82, 2.24) is 15.6 Å². The second-order valence-electron chi connectivity index (χ2n) is 10.5. The molecule has 2 saturated carbocycles. The number of rotatable bonds is 7. The SMILES string of the molecule is CC1CCCC(NCC(=O)N2CC(=O)N(C3CC3)c3ccc(OC(=O)NC(C)c4cccnc4)cc32)C1. The fourth-order valence-electron chi connectivity index (χ4n) is 5.35. The summed E-state index contributed by atoms with van der Waals surface area (Å²) >= 11 is 0. The fourth-order valence-corrected chi connectivity index (χ4v) is 5.35. The molecule has 9 nitrogen and oxygen atoms in total. The van der Waals surface area contributed by atoms with Crippen molar-refractivity contribution < 1.29 is 19.1 Å². The van der Waals surface area contributed by atoms with Crippen LogP contribution in [0, 0.1) is 5.92 Å². The number of ether oxygens (including phenoxy) is 1. The van der Waals surface area contributed by atoms with Gasteiger partial charge < -0.3 is 20.3 Å². The molecule has 37 heavy (non-hydrogen) atoms. The smallest absolute Gasteiger partial charge is 0.410 e. The van der Waals surface area contributed by atoms with Crippen LogP contribution in [0.25, 0.3) is 0 Å². The summed E-state index contributed by atoms with van der Waals surface area (Å²) < 4.78 is 5.58. The summed E-state index contributed by atoms with van der Waals surface area (Å²) in [7, 11) is 0. The number of carbonyl (C=O) groups excluding carboxylic acids is 3. The highest BCUT2D eigenvalue weighted by Crippen LogP contribution is 2.42. The van der Waals surface area contributed by atoms with Crippen LogP contribution >= 0.6 is 0 Å². The molecule has 2 heterocycles. The number of fused-ring (bicyclic) bond motifs is 1. The first-order chi connectivity index (χ1) is 17.9. The molecule has 2 N–H and O–H groups in total. The minimum atomic E-state index is -0.604. The van der Waals surface area contributed by atoms with E-state index in [9.17, 15) is 14.4 Å². The molecule has 196 valence electrons. The molecule has 9 heteroatoms. The van der Waals surface area contributed by atoms with Crippen LogP contribution in [-0.2, 0) is 9.59 Å². The molecule has 5 rings (SSSR count). The van der Waals surface area contributed by atoms with Crippen molar-refractivity contribution in [3.05, 3.63) is 48.3 Å². The van der Waals surface area contributed by atoms with Crippen LogP contribution < -0.4 is 25.2 Å². The van der Waals surface area contributed by atoms with Gasteiger partial charge in [0.1, 0.15) is 12.3 Å². The summed E-state index contributed by atoms with van der Waals surface area (Å²) in [6.07, 6.45) is 9.18. The van der Waals surface area contributed by atoms with Crippen molar-refractivity contribution in [2.75, 3.05) is 22.9 Å². The molecule has 0 radical (unpaired) electrons. The lowest BCUT2D eigenvalue weighted by Gasteiger charge is -2.37. The molecule has 2 aromatic rings. The number of aromatic nitrogens is 1. The third kappa shape index (κ3) is 5.93. The zero-order valence-corrected chi connectivity index (χ0v) is 21.5. The van der Waals surface area contributed by atoms with Gasteiger partial charge in [-0.3, -0.25) is 19.5 Å². The second kappa shape index (κ2) is 10.9. The largest absolute Gasteiger partial charge is 0.413 e. The quantitative estimate of drug-likeness (QED) is 0.591. The Balaban J connectivity index is 1.31. The highest BCUT2D eigenvalue weighted by Gasteiger charge is 2.41. The van der Waals surface area contributed by atoms with E-state index < -0.39 is 6.09 Å². The van der Waals surface area contributed by atoms with E-state index in [0.29, 0.717) is 29.1 Å². The summed E-state index contributed by atoms with van der Waals surface area (Å²) in [6, 6.07) is 9.02. The maximum atomic E-state index is 13.3. The average Bonchev–Trinajstić information content (AvgIpc) is 3.72. The minimum Gasteiger partial charge on any atom is -0.410 e. The summed E-state index contributed by atoms with van der Waals surface area (Å²) in [5.41, 5.74) is 2.15. The molecule has 3 atom stereocenters. The molecule has 3 unspecified atom stereocenters. The van der Waals surface area contributed by atoms with E-state index in [-0.39, 0.29) is 37.0 Å². The van der Waals surface area contributed by atoms with Crippen molar-refractivity contribution in [3.8, 4) is 5.75 Å². The van der Waals surface area contributed by atoms with E-state index in [1.54, 1.807) is 35.5 Å². The van der Waals surface area contributed by atoms with Crippen LogP contribution in [0.1, 0.15) is 64.0 Å². The Labute approximate surface area is 217 Å². The Hall–Kier alpha value is -3.46. The number of hydrogen-bond acceptors (Lipinski definition) is 6. The topological polar surface area (TPSA) is 104 Å². The molecule has 1 aromatic carbocycles. The van der Waals surface area contributed by atoms with E-state index in [4.69, 9.17) is 4.74 Å². The first kappa shape index (κ1) is 25.2. The van der Waals surface area contributed by atoms with Gasteiger partial charge in [0.2, 0.25) is 11.8 Å². The molecule has 0 spiro atoms. The summed E-state index contributed by atoms with van der Waals surface area (Å²) in [4.78, 5) is 46.4. The second-order valence-corrected chi connectivity index (χ2v) is 10.5. The monoisotopic (exact) mass is 505 g/mol. The number of benzene rings is 1. The normalized spacial score (nSPS) is 22.3. The predicted molar refractivity (Wildman–Crippen MR) is 141 cm³/mol. The number of carbonyl (C=O) groups is 3. The number of nitrogens with zero attached hydrogens (tertiary/aromatic N) is 3. The van der Waals surface area contributed by atoms with E-state index in [1.807, 2.05) is 19.1 Å². The predicted octanol–water partition coefficient (Wildman–Crippen LogP) is 3.94. The van der Waals surface area contributed by atoms with Crippen LogP contribution in [0.15, 0.2) is 42.7 Å². The molecule has 2 fully saturated rings. The summed E-state index contributed by atoms with van der Waals surface area (Å²) in [5.74, 6) is 0.727. The van der Waals surface area contributed by atoms with Gasteiger partial charge in [0.25, 0.3) is 0 Å². The van der Waals surface area contributed by atoms with Gasteiger partial charge in [-0.05, 0) is 62.3 Å². The Bertz CT molecular complexity index is 1150. The van der Waals surface area contributed by atoms with E-state index in [2.05, 4.69) is 22.5 Å². The van der Waals surface area contributed by atoms with Crippen molar-refractivity contribution >= 4 is 29.3 Å². The molecule has 3 aliphatic rings. The molecular formula is C28H35N5O4. The van der Waals surface area contributed by atoms with E-state index >= 15 is 0 Å². The van der Waals surface area contributed by atoms with E-state index in [0.717, 1.165) is 37.7 Å². The Morgan fingerprint density at radius 3 is 2.73 bits per heavy atom. The number of nitrogens with one attached hydrogen (secondary N) is 2. The van der Waals surface area contributed by atoms with Crippen molar-refractivity contribution in [2.45, 2.75) is 70.5 Å². The number of amides is 3. The van der Waals surface area contributed by atoms with Gasteiger partial charge in [0.05, 0.1) is 24.0 Å². The molecular weight excluding hydrogens is 470 g/mol. The third-order valence-corrected chi connectivity index (χ3v) is 7.48. The van der Waals surface area contributed by atoms with Gasteiger partial charge >= 0.3 is 6.09 Å². The van der Waals surface area contributed by atoms with Crippen LogP contribution in [-0.4, -0.2) is 48.1 Å². The van der Waals surface area contributed by atoms with Crippen molar-refractivity contribution in [1.29, 1.82) is 0 Å². The van der Waals surface area contributed by atoms with Gasteiger partial charge in [-0.25, -0.2) is 4.79 Å². The zero-order valence-electron chi connectivity index (χ0n) is 21.5. The first-order valence-corrected chi connectivity index (χ1v) is 13.3. The zero-order chi connectivity index (χ0) is 25.9. The average molecular weight is 506 g/mol. The number of anilines is 2. The third-order valence-electron chi connectivity index (χ3n) is 7.48. The van der Waals surface area contributed by atoms with Gasteiger partial charge in [-0.15, -0.1) is 0 Å². The summed E-state index contributed by atoms with van der Waals surface area (Å²) in [5, 5.41) is 6.22. The molecule has 3 amide bonds. The Morgan fingerprint density at radius 1 is 1.16 bits per heavy atom. The molecule has 0 bridgehead atoms. The van der Waals surface area contributed by atoms with Crippen molar-refractivity contribution in [3.63, 3.8) is 0 Å². The molecule has 2 aliphatic carbocycles. The van der Waals surface area contributed by atoms with Gasteiger partial charge in [-0.2, -0.15) is 0 Å². The van der Waals surface area contributed by atoms with Crippen LogP contribution in [0.5, 0.6) is 5.75 Å². The maximum Gasteiger partial charge on any atom is 0.413 e. The maximum absolute atomic E-state index is 13.3. The first-order valence-electron chi connectivity index (χ1n) is 13.3. The van der Waals surface area contributed by atoms with Crippen molar-refractivity contribution in [2.24, 2.45) is 5.92 Å². The van der Waals surface area contributed by atoms with Gasteiger partial charge in [0, 0.05) is 30.5 Å². The highest BCUT2D eigenvalue weighted by molar-refractivity contribution is 6.12. The summed E-state index contributed by atoms with van der Waals surface area (Å²) in [6.45, 7) is 4.25. The molecule has 0 saturated heterocycles. The highest BCUT2D eigenvalue weighted by atomic mass is 16.6. The lowest BCUT2D eigenvalue weighted by molar-refractivity contribution is -0.122. The van der Waals surface area contributed by atoms with Crippen LogP contribution in [0.2, 0.25) is 0 Å². The fraction of sp³-hybridized carbons (Fsp3) is 0.500. The Morgan fingerprint density at radius 2 is 2.00 bits per heavy atom. The lowest BCUT2D eigenvalue weighted by Crippen LogP contribution is -2.51. The standard InChI is InChI=1S/C28H35N5O4/c1-18-5-3-7-21(13-18)30-16-26(34)32-17-27(35)33(22-8-9-22)24-11-10-23(14-25(24)32)37-28(36)31-19(2)20-6-4-12-29-15-20/h4,6,10-12,14-15,18-19,21-22,30H,3,5,7-9,13,16-17H2,1-2H3,(H,31,36). The Kier molecular flexibility index (Phi) is 7.41. The number of hydrogen-bond donors (Lipinski definition) is 2. The van der Waals surface area contributed by atoms with Gasteiger partial charge in [0.15, 0.2) is 0 Å². The van der Waals surface area contributed by atoms with Crippen LogP contribution in [0.4, 0.5) is 16.2 Å². The van der Waals surface area contributed by atoms with Gasteiger partial charge in [-0.1, -0.05) is 25.8 Å². The lowest BCUT2D eigenvalue weighted by atomic mass is 9.87. The number of pyridine rings is 1. The minimum absolute atomic E-state index is 0.0151. The van der Waals surface area contributed by atoms with E-state index in [1.165, 1.54) is 11.3 Å². The molecule has 1 aliphatic heterocycles.